The van der Waals surface area contributed by atoms with E-state index in [1.165, 1.54) is 18.1 Å². The molecule has 0 unspecified atom stereocenters. The molecule has 0 aromatic rings. The van der Waals surface area contributed by atoms with Crippen LogP contribution in [0.1, 0.15) is 66.2 Å². The van der Waals surface area contributed by atoms with E-state index in [1.807, 2.05) is 6.08 Å². The zero-order valence-corrected chi connectivity index (χ0v) is 16.8. The lowest BCUT2D eigenvalue weighted by Gasteiger charge is -2.54. The van der Waals surface area contributed by atoms with Gasteiger partial charge in [0.1, 0.15) is 0 Å². The van der Waals surface area contributed by atoms with Crippen molar-refractivity contribution in [3.05, 3.63) is 23.3 Å². The van der Waals surface area contributed by atoms with Gasteiger partial charge in [0, 0.05) is 18.8 Å². The molecule has 0 saturated heterocycles. The summed E-state index contributed by atoms with van der Waals surface area (Å²) in [6.45, 7) is 7.29. The van der Waals surface area contributed by atoms with Gasteiger partial charge in [0.15, 0.2) is 17.2 Å². The number of Topliss-reactive ketones (excluding diaryl/α,β-unsaturated/α-hetero) is 1. The van der Waals surface area contributed by atoms with Crippen molar-refractivity contribution in [2.45, 2.75) is 71.8 Å². The summed E-state index contributed by atoms with van der Waals surface area (Å²) >= 11 is 0. The molecule has 0 heterocycles. The summed E-state index contributed by atoms with van der Waals surface area (Å²) in [6, 6.07) is 0. The van der Waals surface area contributed by atoms with E-state index in [9.17, 15) is 14.4 Å². The van der Waals surface area contributed by atoms with Crippen LogP contribution in [-0.2, 0) is 19.1 Å². The van der Waals surface area contributed by atoms with Gasteiger partial charge >= 0.3 is 5.97 Å². The second-order valence-electron chi connectivity index (χ2n) is 9.38. The van der Waals surface area contributed by atoms with Gasteiger partial charge in [-0.25, -0.2) is 0 Å². The van der Waals surface area contributed by atoms with Crippen molar-refractivity contribution in [1.82, 2.24) is 0 Å². The molecule has 0 spiro atoms. The molecule has 0 aliphatic heterocycles. The van der Waals surface area contributed by atoms with Gasteiger partial charge in [-0.3, -0.25) is 14.4 Å². The Kier molecular flexibility index (Phi) is 4.25. The number of ether oxygens (including phenoxy) is 1. The van der Waals surface area contributed by atoms with Crippen LogP contribution in [0.25, 0.3) is 0 Å². The highest BCUT2D eigenvalue weighted by Gasteiger charge is 2.66. The first-order valence-electron chi connectivity index (χ1n) is 10.3. The Hall–Kier alpha value is -1.71. The van der Waals surface area contributed by atoms with E-state index in [0.717, 1.165) is 25.7 Å². The van der Waals surface area contributed by atoms with Gasteiger partial charge in [-0.1, -0.05) is 18.6 Å². The smallest absolute Gasteiger partial charge is 0.303 e. The minimum absolute atomic E-state index is 0.0125. The van der Waals surface area contributed by atoms with Crippen LogP contribution in [0.2, 0.25) is 0 Å². The molecule has 2 fully saturated rings. The van der Waals surface area contributed by atoms with Crippen molar-refractivity contribution in [3.63, 3.8) is 0 Å². The quantitative estimate of drug-likeness (QED) is 0.684. The van der Waals surface area contributed by atoms with E-state index >= 15 is 0 Å². The maximum atomic E-state index is 12.7. The molecule has 0 N–H and O–H groups in total. The molecule has 0 amide bonds. The highest BCUT2D eigenvalue weighted by Crippen LogP contribution is 2.65. The fourth-order valence-electron chi connectivity index (χ4n) is 7.04. The topological polar surface area (TPSA) is 60.4 Å². The molecule has 6 atom stereocenters. The molecule has 0 radical (unpaired) electrons. The third kappa shape index (κ3) is 2.51. The van der Waals surface area contributed by atoms with Gasteiger partial charge in [-0.2, -0.15) is 0 Å². The molecule has 4 aliphatic carbocycles. The van der Waals surface area contributed by atoms with Crippen LogP contribution in [0, 0.1) is 29.1 Å². The Bertz CT molecular complexity index is 775. The molecule has 0 aromatic heterocycles. The largest absolute Gasteiger partial charge is 0.451 e. The molecular formula is C23H30O4. The van der Waals surface area contributed by atoms with Crippen LogP contribution < -0.4 is 0 Å². The van der Waals surface area contributed by atoms with Crippen LogP contribution >= 0.6 is 0 Å². The van der Waals surface area contributed by atoms with Crippen molar-refractivity contribution < 1.29 is 19.1 Å². The number of carbonyl (C=O) groups is 3. The average molecular weight is 370 g/mol. The van der Waals surface area contributed by atoms with Gasteiger partial charge in [0.25, 0.3) is 0 Å². The number of hydrogen-bond donors (Lipinski definition) is 0. The van der Waals surface area contributed by atoms with Gasteiger partial charge < -0.3 is 4.74 Å². The van der Waals surface area contributed by atoms with Gasteiger partial charge in [-0.15, -0.1) is 0 Å². The molecule has 27 heavy (non-hydrogen) atoms. The Morgan fingerprint density at radius 2 is 1.89 bits per heavy atom. The summed E-state index contributed by atoms with van der Waals surface area (Å²) in [5.41, 5.74) is 1.18. The van der Waals surface area contributed by atoms with E-state index in [-0.39, 0.29) is 23.0 Å². The third-order valence-electron chi connectivity index (χ3n) is 8.22. The van der Waals surface area contributed by atoms with Crippen molar-refractivity contribution >= 4 is 17.5 Å². The second kappa shape index (κ2) is 6.15. The Morgan fingerprint density at radius 1 is 1.15 bits per heavy atom. The number of hydrogen-bond acceptors (Lipinski definition) is 4. The van der Waals surface area contributed by atoms with Gasteiger partial charge in [-0.05, 0) is 81.3 Å². The minimum atomic E-state index is -0.977. The molecule has 2 saturated carbocycles. The van der Waals surface area contributed by atoms with E-state index in [0.29, 0.717) is 36.5 Å². The van der Waals surface area contributed by atoms with Crippen LogP contribution in [0.15, 0.2) is 23.3 Å². The SMILES string of the molecule is CC(=O)O[C@]1(C(C)=O)CC[C@H]2[C@@H]3C=C(C)C4=CC(=O)CC[C@H]4[C@H]3CC[C@@]21C. The Labute approximate surface area is 161 Å². The summed E-state index contributed by atoms with van der Waals surface area (Å²) in [6.07, 6.45) is 9.29. The number of allylic oxidation sites excluding steroid dienone is 4. The number of rotatable bonds is 2. The summed E-state index contributed by atoms with van der Waals surface area (Å²) in [5, 5.41) is 0. The van der Waals surface area contributed by atoms with Gasteiger partial charge in [0.2, 0.25) is 0 Å². The van der Waals surface area contributed by atoms with Crippen molar-refractivity contribution in [3.8, 4) is 0 Å². The summed E-state index contributed by atoms with van der Waals surface area (Å²) < 4.78 is 5.79. The first-order chi connectivity index (χ1) is 12.7. The predicted octanol–water partition coefficient (Wildman–Crippen LogP) is 4.19. The van der Waals surface area contributed by atoms with Crippen LogP contribution in [0.3, 0.4) is 0 Å². The third-order valence-corrected chi connectivity index (χ3v) is 8.22. The van der Waals surface area contributed by atoms with E-state index in [1.54, 1.807) is 6.92 Å². The fourth-order valence-corrected chi connectivity index (χ4v) is 7.04. The number of ketones is 2. The molecule has 0 aromatic carbocycles. The lowest BCUT2D eigenvalue weighted by atomic mass is 9.51. The van der Waals surface area contributed by atoms with E-state index in [4.69, 9.17) is 4.74 Å². The first kappa shape index (κ1) is 18.6. The average Bonchev–Trinajstić information content (AvgIpc) is 2.89. The van der Waals surface area contributed by atoms with Gasteiger partial charge in [0.05, 0.1) is 0 Å². The maximum Gasteiger partial charge on any atom is 0.303 e. The van der Waals surface area contributed by atoms with E-state index in [2.05, 4.69) is 19.9 Å². The van der Waals surface area contributed by atoms with Crippen LogP contribution in [0.5, 0.6) is 0 Å². The first-order valence-corrected chi connectivity index (χ1v) is 10.3. The molecule has 4 rings (SSSR count). The Morgan fingerprint density at radius 3 is 2.56 bits per heavy atom. The van der Waals surface area contributed by atoms with Crippen molar-refractivity contribution in [1.29, 1.82) is 0 Å². The van der Waals surface area contributed by atoms with Crippen molar-refractivity contribution in [2.75, 3.05) is 0 Å². The van der Waals surface area contributed by atoms with Crippen molar-refractivity contribution in [2.24, 2.45) is 29.1 Å². The highest BCUT2D eigenvalue weighted by molar-refractivity contribution is 5.92. The summed E-state index contributed by atoms with van der Waals surface area (Å²) in [5.74, 6) is 1.61. The standard InChI is InChI=1S/C23H30O4/c1-13-11-20-18(17-6-5-16(26)12-19(13)17)7-9-22(4)21(20)8-10-23(22,14(2)24)27-15(3)25/h11-12,17-18,20-21H,5-10H2,1-4H3/t17-,18+,20+,21-,22-,23-/m0/s1. The highest BCUT2D eigenvalue weighted by atomic mass is 16.6. The maximum absolute atomic E-state index is 12.7. The monoisotopic (exact) mass is 370 g/mol. The fraction of sp³-hybridized carbons (Fsp3) is 0.696. The second-order valence-corrected chi connectivity index (χ2v) is 9.38. The molecule has 4 aliphatic rings. The zero-order chi connectivity index (χ0) is 19.6. The summed E-state index contributed by atoms with van der Waals surface area (Å²) in [7, 11) is 0. The lowest BCUT2D eigenvalue weighted by molar-refractivity contribution is -0.184. The summed E-state index contributed by atoms with van der Waals surface area (Å²) in [4.78, 5) is 36.5. The van der Waals surface area contributed by atoms with Crippen LogP contribution in [0.4, 0.5) is 0 Å². The predicted molar refractivity (Wildman–Crippen MR) is 102 cm³/mol. The molecule has 4 nitrogen and oxygen atoms in total. The number of fused-ring (bicyclic) bond motifs is 5. The van der Waals surface area contributed by atoms with Crippen LogP contribution in [-0.4, -0.2) is 23.1 Å². The molecule has 0 bridgehead atoms. The van der Waals surface area contributed by atoms with E-state index < -0.39 is 5.60 Å². The molecule has 146 valence electrons. The molecular weight excluding hydrogens is 340 g/mol. The normalized spacial score (nSPS) is 43.0. The lowest BCUT2D eigenvalue weighted by Crippen LogP contribution is -2.57. The molecule has 4 heteroatoms. The minimum Gasteiger partial charge on any atom is -0.451 e. The zero-order valence-electron chi connectivity index (χ0n) is 16.8. The number of carbonyl (C=O) groups excluding carboxylic acids is 3. The number of esters is 1. The Balaban J connectivity index is 1.75.